The second-order valence-electron chi connectivity index (χ2n) is 5.56. The van der Waals surface area contributed by atoms with Gasteiger partial charge < -0.3 is 11.1 Å². The summed E-state index contributed by atoms with van der Waals surface area (Å²) in [6, 6.07) is 6.69. The van der Waals surface area contributed by atoms with E-state index in [4.69, 9.17) is 5.73 Å². The molecule has 3 N–H and O–H groups in total. The van der Waals surface area contributed by atoms with E-state index in [1.165, 1.54) is 29.5 Å². The lowest BCUT2D eigenvalue weighted by Gasteiger charge is -2.14. The molecule has 1 aromatic rings. The summed E-state index contributed by atoms with van der Waals surface area (Å²) in [6.45, 7) is 7.34. The molecular weight excluding hydrogens is 208 g/mol. The van der Waals surface area contributed by atoms with Crippen LogP contribution in [0.25, 0.3) is 0 Å². The molecule has 2 heteroatoms. The van der Waals surface area contributed by atoms with Gasteiger partial charge in [0.2, 0.25) is 0 Å². The lowest BCUT2D eigenvalue weighted by molar-refractivity contribution is 0.470. The fourth-order valence-corrected chi connectivity index (χ4v) is 2.28. The summed E-state index contributed by atoms with van der Waals surface area (Å²) in [5.41, 5.74) is 10.4. The molecule has 0 unspecified atom stereocenters. The lowest BCUT2D eigenvalue weighted by Crippen LogP contribution is -2.30. The van der Waals surface area contributed by atoms with Gasteiger partial charge in [-0.05, 0) is 62.7 Å². The first-order chi connectivity index (χ1) is 8.15. The first-order valence-corrected chi connectivity index (χ1v) is 6.62. The van der Waals surface area contributed by atoms with Crippen molar-refractivity contribution in [2.24, 2.45) is 11.1 Å². The molecule has 94 valence electrons. The Kier molecular flexibility index (Phi) is 3.85. The van der Waals surface area contributed by atoms with Crippen LogP contribution in [0, 0.1) is 19.3 Å². The average molecular weight is 232 g/mol. The van der Waals surface area contributed by atoms with Crippen LogP contribution in [0.1, 0.15) is 29.5 Å². The highest BCUT2D eigenvalue weighted by molar-refractivity contribution is 5.30. The van der Waals surface area contributed by atoms with Crippen molar-refractivity contribution in [2.75, 3.05) is 19.6 Å². The van der Waals surface area contributed by atoms with Gasteiger partial charge in [-0.15, -0.1) is 0 Å². The number of aryl methyl sites for hydroxylation is 2. The summed E-state index contributed by atoms with van der Waals surface area (Å²) >= 11 is 0. The van der Waals surface area contributed by atoms with Crippen LogP contribution < -0.4 is 11.1 Å². The van der Waals surface area contributed by atoms with Crippen molar-refractivity contribution >= 4 is 0 Å². The van der Waals surface area contributed by atoms with E-state index >= 15 is 0 Å². The van der Waals surface area contributed by atoms with E-state index in [0.717, 1.165) is 26.1 Å². The molecule has 0 bridgehead atoms. The maximum atomic E-state index is 5.77. The molecule has 1 aromatic carbocycles. The van der Waals surface area contributed by atoms with Crippen molar-refractivity contribution in [3.8, 4) is 0 Å². The molecule has 0 aliphatic heterocycles. The fourth-order valence-electron chi connectivity index (χ4n) is 2.28. The smallest absolute Gasteiger partial charge is 0.00200 e. The zero-order valence-electron chi connectivity index (χ0n) is 11.1. The molecule has 1 fully saturated rings. The molecule has 0 saturated heterocycles. The highest BCUT2D eigenvalue weighted by Gasteiger charge is 2.40. The third kappa shape index (κ3) is 3.30. The molecule has 0 atom stereocenters. The summed E-state index contributed by atoms with van der Waals surface area (Å²) in [5, 5.41) is 3.55. The quantitative estimate of drug-likeness (QED) is 0.738. The Morgan fingerprint density at radius 3 is 2.71 bits per heavy atom. The standard InChI is InChI=1S/C15H24N2/c1-12-3-4-13(2)14(9-12)5-8-17-11-15(10-16)6-7-15/h3-4,9,17H,5-8,10-11,16H2,1-2H3. The Hall–Kier alpha value is -0.860. The zero-order chi connectivity index (χ0) is 12.3. The van der Waals surface area contributed by atoms with Gasteiger partial charge in [0.25, 0.3) is 0 Å². The van der Waals surface area contributed by atoms with Gasteiger partial charge in [0.15, 0.2) is 0 Å². The van der Waals surface area contributed by atoms with Crippen LogP contribution in [0.15, 0.2) is 18.2 Å². The van der Waals surface area contributed by atoms with Gasteiger partial charge >= 0.3 is 0 Å². The van der Waals surface area contributed by atoms with Gasteiger partial charge in [0.1, 0.15) is 0 Å². The van der Waals surface area contributed by atoms with E-state index in [-0.39, 0.29) is 0 Å². The average Bonchev–Trinajstić information content (AvgIpc) is 3.10. The summed E-state index contributed by atoms with van der Waals surface area (Å²) in [6.07, 6.45) is 3.73. The van der Waals surface area contributed by atoms with E-state index in [0.29, 0.717) is 5.41 Å². The van der Waals surface area contributed by atoms with Gasteiger partial charge in [-0.25, -0.2) is 0 Å². The van der Waals surface area contributed by atoms with Gasteiger partial charge in [-0.3, -0.25) is 0 Å². The SMILES string of the molecule is Cc1ccc(C)c(CCNCC2(CN)CC2)c1. The van der Waals surface area contributed by atoms with Crippen LogP contribution in [0.3, 0.4) is 0 Å². The maximum absolute atomic E-state index is 5.77. The molecule has 1 saturated carbocycles. The van der Waals surface area contributed by atoms with Gasteiger partial charge in [0.05, 0.1) is 0 Å². The summed E-state index contributed by atoms with van der Waals surface area (Å²) in [7, 11) is 0. The second-order valence-corrected chi connectivity index (χ2v) is 5.56. The topological polar surface area (TPSA) is 38.0 Å². The number of benzene rings is 1. The van der Waals surface area contributed by atoms with Crippen molar-refractivity contribution in [1.29, 1.82) is 0 Å². The Morgan fingerprint density at radius 2 is 2.06 bits per heavy atom. The molecule has 0 amide bonds. The Morgan fingerprint density at radius 1 is 1.29 bits per heavy atom. The van der Waals surface area contributed by atoms with Gasteiger partial charge in [0, 0.05) is 6.54 Å². The van der Waals surface area contributed by atoms with Crippen molar-refractivity contribution in [3.63, 3.8) is 0 Å². The fraction of sp³-hybridized carbons (Fsp3) is 0.600. The first kappa shape index (κ1) is 12.6. The largest absolute Gasteiger partial charge is 0.330 e. The molecule has 17 heavy (non-hydrogen) atoms. The predicted molar refractivity (Wildman–Crippen MR) is 73.2 cm³/mol. The van der Waals surface area contributed by atoms with Crippen molar-refractivity contribution in [3.05, 3.63) is 34.9 Å². The third-order valence-corrected chi connectivity index (χ3v) is 3.97. The molecular formula is C15H24N2. The highest BCUT2D eigenvalue weighted by Crippen LogP contribution is 2.43. The van der Waals surface area contributed by atoms with E-state index < -0.39 is 0 Å². The normalized spacial score (nSPS) is 17.1. The summed E-state index contributed by atoms with van der Waals surface area (Å²) < 4.78 is 0. The predicted octanol–water partition coefficient (Wildman–Crippen LogP) is 2.17. The summed E-state index contributed by atoms with van der Waals surface area (Å²) in [5.74, 6) is 0. The molecule has 0 aromatic heterocycles. The number of rotatable bonds is 6. The summed E-state index contributed by atoms with van der Waals surface area (Å²) in [4.78, 5) is 0. The van der Waals surface area contributed by atoms with Crippen LogP contribution in [-0.4, -0.2) is 19.6 Å². The second kappa shape index (κ2) is 5.19. The van der Waals surface area contributed by atoms with E-state index in [1.807, 2.05) is 0 Å². The zero-order valence-corrected chi connectivity index (χ0v) is 11.1. The number of hydrogen-bond acceptors (Lipinski definition) is 2. The minimum absolute atomic E-state index is 0.446. The van der Waals surface area contributed by atoms with Crippen LogP contribution in [0.4, 0.5) is 0 Å². The van der Waals surface area contributed by atoms with Crippen molar-refractivity contribution in [1.82, 2.24) is 5.32 Å². The van der Waals surface area contributed by atoms with Crippen LogP contribution in [0.2, 0.25) is 0 Å². The molecule has 0 radical (unpaired) electrons. The van der Waals surface area contributed by atoms with E-state index in [2.05, 4.69) is 37.4 Å². The van der Waals surface area contributed by atoms with Crippen molar-refractivity contribution in [2.45, 2.75) is 33.1 Å². The lowest BCUT2D eigenvalue weighted by atomic mass is 10.0. The molecule has 1 aliphatic carbocycles. The number of nitrogens with one attached hydrogen (secondary N) is 1. The molecule has 2 nitrogen and oxygen atoms in total. The monoisotopic (exact) mass is 232 g/mol. The molecule has 1 aliphatic rings. The molecule has 0 spiro atoms. The molecule has 2 rings (SSSR count). The van der Waals surface area contributed by atoms with Gasteiger partial charge in [-0.2, -0.15) is 0 Å². The minimum atomic E-state index is 0.446. The first-order valence-electron chi connectivity index (χ1n) is 6.62. The van der Waals surface area contributed by atoms with E-state index in [9.17, 15) is 0 Å². The number of hydrogen-bond donors (Lipinski definition) is 2. The van der Waals surface area contributed by atoms with Crippen LogP contribution in [-0.2, 0) is 6.42 Å². The van der Waals surface area contributed by atoms with E-state index in [1.54, 1.807) is 0 Å². The number of nitrogens with two attached hydrogens (primary N) is 1. The highest BCUT2D eigenvalue weighted by atomic mass is 14.9. The Labute approximate surface area is 105 Å². The van der Waals surface area contributed by atoms with Gasteiger partial charge in [-0.1, -0.05) is 23.8 Å². The molecule has 0 heterocycles. The maximum Gasteiger partial charge on any atom is 0.00200 e. The van der Waals surface area contributed by atoms with Crippen molar-refractivity contribution < 1.29 is 0 Å². The third-order valence-electron chi connectivity index (χ3n) is 3.97. The Balaban J connectivity index is 1.76. The van der Waals surface area contributed by atoms with Crippen LogP contribution >= 0.6 is 0 Å². The Bertz CT molecular complexity index is 381. The minimum Gasteiger partial charge on any atom is -0.330 e. The van der Waals surface area contributed by atoms with Crippen LogP contribution in [0.5, 0.6) is 0 Å².